The Morgan fingerprint density at radius 1 is 1.48 bits per heavy atom. The maximum Gasteiger partial charge on any atom is 0.303 e. The summed E-state index contributed by atoms with van der Waals surface area (Å²) in [7, 11) is 0. The summed E-state index contributed by atoms with van der Waals surface area (Å²) in [6, 6.07) is 4.41. The molecule has 0 radical (unpaired) electrons. The molecule has 21 heavy (non-hydrogen) atoms. The van der Waals surface area contributed by atoms with Crippen LogP contribution in [0.4, 0.5) is 4.39 Å². The van der Waals surface area contributed by atoms with E-state index in [1.54, 1.807) is 17.7 Å². The van der Waals surface area contributed by atoms with E-state index < -0.39 is 5.97 Å². The number of halogens is 1. The first kappa shape index (κ1) is 15.1. The van der Waals surface area contributed by atoms with Gasteiger partial charge in [0.1, 0.15) is 5.82 Å². The first-order valence-corrected chi connectivity index (χ1v) is 6.75. The van der Waals surface area contributed by atoms with E-state index in [-0.39, 0.29) is 18.2 Å². The van der Waals surface area contributed by atoms with Crippen molar-refractivity contribution in [2.75, 3.05) is 0 Å². The predicted octanol–water partition coefficient (Wildman–Crippen LogP) is 2.29. The molecule has 1 aromatic carbocycles. The minimum absolute atomic E-state index is 0.0505. The Balaban J connectivity index is 2.27. The van der Waals surface area contributed by atoms with Gasteiger partial charge in [0.2, 0.25) is 0 Å². The van der Waals surface area contributed by atoms with Crippen LogP contribution in [0.3, 0.4) is 0 Å². The van der Waals surface area contributed by atoms with Crippen LogP contribution in [-0.4, -0.2) is 31.3 Å². The Morgan fingerprint density at radius 2 is 2.24 bits per heavy atom. The molecule has 0 aliphatic carbocycles. The van der Waals surface area contributed by atoms with Gasteiger partial charge >= 0.3 is 5.97 Å². The highest BCUT2D eigenvalue weighted by molar-refractivity contribution is 5.67. The van der Waals surface area contributed by atoms with Gasteiger partial charge in [0.25, 0.3) is 0 Å². The maximum atomic E-state index is 13.2. The van der Waals surface area contributed by atoms with Gasteiger partial charge in [0.15, 0.2) is 5.82 Å². The van der Waals surface area contributed by atoms with Crippen LogP contribution in [0.2, 0.25) is 0 Å². The van der Waals surface area contributed by atoms with Gasteiger partial charge in [0.05, 0.1) is 0 Å². The lowest BCUT2D eigenvalue weighted by Crippen LogP contribution is -2.16. The molecule has 0 aliphatic heterocycles. The molecule has 0 saturated heterocycles. The second kappa shape index (κ2) is 6.43. The van der Waals surface area contributed by atoms with Crippen LogP contribution in [0.5, 0.6) is 0 Å². The lowest BCUT2D eigenvalue weighted by atomic mass is 10.0. The van der Waals surface area contributed by atoms with Gasteiger partial charge in [0, 0.05) is 18.5 Å². The van der Waals surface area contributed by atoms with Crippen LogP contribution < -0.4 is 0 Å². The largest absolute Gasteiger partial charge is 0.481 e. The molecular formula is C14H17FN4O2. The summed E-state index contributed by atoms with van der Waals surface area (Å²) in [5.74, 6) is -0.677. The van der Waals surface area contributed by atoms with E-state index in [1.165, 1.54) is 12.1 Å². The van der Waals surface area contributed by atoms with Crippen molar-refractivity contribution in [3.63, 3.8) is 0 Å². The van der Waals surface area contributed by atoms with Crippen LogP contribution in [0.15, 0.2) is 18.2 Å². The molecule has 0 amide bonds. The van der Waals surface area contributed by atoms with Crippen molar-refractivity contribution in [1.82, 2.24) is 20.2 Å². The molecule has 0 bridgehead atoms. The molecule has 0 spiro atoms. The Morgan fingerprint density at radius 3 is 2.86 bits per heavy atom. The molecule has 2 aromatic rings. The van der Waals surface area contributed by atoms with Gasteiger partial charge < -0.3 is 5.11 Å². The van der Waals surface area contributed by atoms with E-state index in [0.717, 1.165) is 11.1 Å². The third-order valence-electron chi connectivity index (χ3n) is 3.43. The monoisotopic (exact) mass is 292 g/mol. The fourth-order valence-corrected chi connectivity index (χ4v) is 2.23. The van der Waals surface area contributed by atoms with Gasteiger partial charge in [-0.05, 0) is 47.0 Å². The van der Waals surface area contributed by atoms with Crippen molar-refractivity contribution < 1.29 is 14.3 Å². The number of aliphatic carboxylic acids is 1. The van der Waals surface area contributed by atoms with E-state index >= 15 is 0 Å². The van der Waals surface area contributed by atoms with Crippen molar-refractivity contribution in [1.29, 1.82) is 0 Å². The fraction of sp³-hybridized carbons (Fsp3) is 0.429. The van der Waals surface area contributed by atoms with Gasteiger partial charge in [-0.3, -0.25) is 4.79 Å². The van der Waals surface area contributed by atoms with E-state index in [4.69, 9.17) is 5.11 Å². The second-order valence-electron chi connectivity index (χ2n) is 5.02. The quantitative estimate of drug-likeness (QED) is 0.883. The number of tetrazole rings is 1. The Kier molecular flexibility index (Phi) is 4.62. The molecule has 1 heterocycles. The molecule has 2 rings (SSSR count). The van der Waals surface area contributed by atoms with Crippen LogP contribution in [0.25, 0.3) is 11.4 Å². The lowest BCUT2D eigenvalue weighted by Gasteiger charge is -2.13. The number of carbonyl (C=O) groups is 1. The van der Waals surface area contributed by atoms with E-state index in [0.29, 0.717) is 18.8 Å². The minimum Gasteiger partial charge on any atom is -0.481 e. The summed E-state index contributed by atoms with van der Waals surface area (Å²) in [5, 5.41) is 20.4. The van der Waals surface area contributed by atoms with E-state index in [2.05, 4.69) is 15.5 Å². The number of benzene rings is 1. The van der Waals surface area contributed by atoms with Crippen molar-refractivity contribution in [2.24, 2.45) is 5.92 Å². The van der Waals surface area contributed by atoms with Gasteiger partial charge in [-0.2, -0.15) is 0 Å². The lowest BCUT2D eigenvalue weighted by molar-refractivity contribution is -0.138. The Labute approximate surface area is 121 Å². The van der Waals surface area contributed by atoms with Crippen LogP contribution in [0, 0.1) is 18.7 Å². The number of hydrogen-bond acceptors (Lipinski definition) is 4. The summed E-state index contributed by atoms with van der Waals surface area (Å²) in [6.45, 7) is 4.13. The SMILES string of the molecule is CCC(CC(=O)O)Cn1nnnc1-c1ccc(F)cc1C. The zero-order valence-electron chi connectivity index (χ0n) is 12.0. The number of carboxylic acid groups (broad SMARTS) is 1. The number of hydrogen-bond donors (Lipinski definition) is 1. The topological polar surface area (TPSA) is 80.9 Å². The van der Waals surface area contributed by atoms with Crippen molar-refractivity contribution in [2.45, 2.75) is 33.2 Å². The highest BCUT2D eigenvalue weighted by Crippen LogP contribution is 2.23. The number of aryl methyl sites for hydroxylation is 1. The molecule has 1 atom stereocenters. The van der Waals surface area contributed by atoms with Crippen LogP contribution in [-0.2, 0) is 11.3 Å². The smallest absolute Gasteiger partial charge is 0.303 e. The van der Waals surface area contributed by atoms with E-state index in [9.17, 15) is 9.18 Å². The average molecular weight is 292 g/mol. The van der Waals surface area contributed by atoms with Crippen molar-refractivity contribution >= 4 is 5.97 Å². The molecule has 1 unspecified atom stereocenters. The van der Waals surface area contributed by atoms with Gasteiger partial charge in [-0.1, -0.05) is 13.3 Å². The third kappa shape index (κ3) is 3.62. The molecule has 0 aliphatic rings. The summed E-state index contributed by atoms with van der Waals surface area (Å²) in [6.07, 6.45) is 0.784. The molecule has 7 heteroatoms. The van der Waals surface area contributed by atoms with E-state index in [1.807, 2.05) is 6.92 Å². The summed E-state index contributed by atoms with van der Waals surface area (Å²) in [5.41, 5.74) is 1.48. The summed E-state index contributed by atoms with van der Waals surface area (Å²) < 4.78 is 14.8. The molecule has 0 saturated carbocycles. The molecule has 112 valence electrons. The number of aromatic nitrogens is 4. The molecule has 6 nitrogen and oxygen atoms in total. The molecular weight excluding hydrogens is 275 g/mol. The zero-order valence-corrected chi connectivity index (χ0v) is 12.0. The highest BCUT2D eigenvalue weighted by atomic mass is 19.1. The normalized spacial score (nSPS) is 12.3. The maximum absolute atomic E-state index is 13.2. The second-order valence-corrected chi connectivity index (χ2v) is 5.02. The molecule has 0 fully saturated rings. The Bertz CT molecular complexity index is 642. The van der Waals surface area contributed by atoms with Gasteiger partial charge in [-0.25, -0.2) is 9.07 Å². The van der Waals surface area contributed by atoms with Crippen LogP contribution >= 0.6 is 0 Å². The first-order valence-electron chi connectivity index (χ1n) is 6.75. The average Bonchev–Trinajstić information content (AvgIpc) is 2.85. The van der Waals surface area contributed by atoms with Gasteiger partial charge in [-0.15, -0.1) is 5.10 Å². The first-order chi connectivity index (χ1) is 10.0. The molecule has 1 aromatic heterocycles. The standard InChI is InChI=1S/C14H17FN4O2/c1-3-10(7-13(20)21)8-19-14(16-17-18-19)12-5-4-11(15)6-9(12)2/h4-6,10H,3,7-8H2,1-2H3,(H,20,21). The van der Waals surface area contributed by atoms with Crippen molar-refractivity contribution in [3.8, 4) is 11.4 Å². The number of rotatable bonds is 6. The Hall–Kier alpha value is -2.31. The summed E-state index contributed by atoms with van der Waals surface area (Å²) >= 11 is 0. The number of carboxylic acids is 1. The highest BCUT2D eigenvalue weighted by Gasteiger charge is 2.17. The minimum atomic E-state index is -0.838. The predicted molar refractivity (Wildman–Crippen MR) is 74.0 cm³/mol. The fourth-order valence-electron chi connectivity index (χ4n) is 2.23. The molecule has 1 N–H and O–H groups in total. The van der Waals surface area contributed by atoms with Crippen molar-refractivity contribution in [3.05, 3.63) is 29.6 Å². The summed E-state index contributed by atoms with van der Waals surface area (Å²) in [4.78, 5) is 10.8. The zero-order chi connectivity index (χ0) is 15.4. The number of nitrogens with zero attached hydrogens (tertiary/aromatic N) is 4. The van der Waals surface area contributed by atoms with Crippen LogP contribution in [0.1, 0.15) is 25.3 Å². The third-order valence-corrected chi connectivity index (χ3v) is 3.43.